The number of hydrogen-bond donors (Lipinski definition) is 2. The van der Waals surface area contributed by atoms with Crippen molar-refractivity contribution in [3.8, 4) is 0 Å². The van der Waals surface area contributed by atoms with Gasteiger partial charge in [-0.15, -0.1) is 0 Å². The highest BCUT2D eigenvalue weighted by Gasteiger charge is 2.09. The first-order chi connectivity index (χ1) is 11.1. The molecule has 0 aromatic heterocycles. The third-order valence-electron chi connectivity index (χ3n) is 3.71. The summed E-state index contributed by atoms with van der Waals surface area (Å²) in [7, 11) is 0. The minimum Gasteiger partial charge on any atom is -0.481 e. The van der Waals surface area contributed by atoms with Crippen LogP contribution in [0.25, 0.3) is 0 Å². The van der Waals surface area contributed by atoms with E-state index in [1.54, 1.807) is 11.8 Å². The number of aliphatic carboxylic acids is 1. The van der Waals surface area contributed by atoms with E-state index in [-0.39, 0.29) is 12.3 Å². The van der Waals surface area contributed by atoms with E-state index in [9.17, 15) is 9.59 Å². The van der Waals surface area contributed by atoms with Crippen LogP contribution in [0, 0.1) is 0 Å². The molecule has 0 bridgehead atoms. The van der Waals surface area contributed by atoms with Crippen molar-refractivity contribution < 1.29 is 14.7 Å². The number of benzene rings is 1. The maximum absolute atomic E-state index is 12.1. The highest BCUT2D eigenvalue weighted by Crippen LogP contribution is 2.21. The van der Waals surface area contributed by atoms with Gasteiger partial charge in [0.05, 0.1) is 6.42 Å². The molecule has 5 heteroatoms. The average Bonchev–Trinajstić information content (AvgIpc) is 2.52. The number of nitrogens with one attached hydrogen (secondary N) is 1. The van der Waals surface area contributed by atoms with Gasteiger partial charge < -0.3 is 10.4 Å². The topological polar surface area (TPSA) is 66.4 Å². The molecule has 0 heterocycles. The van der Waals surface area contributed by atoms with Gasteiger partial charge in [-0.2, -0.15) is 11.8 Å². The Morgan fingerprint density at radius 3 is 2.87 bits per heavy atom. The number of rotatable bonds is 8. The quantitative estimate of drug-likeness (QED) is 0.552. The highest BCUT2D eigenvalue weighted by molar-refractivity contribution is 7.98. The van der Waals surface area contributed by atoms with Crippen LogP contribution < -0.4 is 5.32 Å². The van der Waals surface area contributed by atoms with Crippen molar-refractivity contribution in [1.82, 2.24) is 0 Å². The summed E-state index contributed by atoms with van der Waals surface area (Å²) in [5.41, 5.74) is 3.15. The van der Waals surface area contributed by atoms with Gasteiger partial charge in [-0.25, -0.2) is 0 Å². The number of anilines is 1. The second-order valence-electron chi connectivity index (χ2n) is 5.73. The standard InChI is InChI=1S/C18H23NO3S/c20-17(12-14-5-2-1-3-6-14)19-16-8-4-7-15(11-16)13-23-10-9-18(21)22/h4-5,7-8,11H,1-3,6,9-10,12-13H2,(H,19,20)(H,21,22). The summed E-state index contributed by atoms with van der Waals surface area (Å²) >= 11 is 1.59. The van der Waals surface area contributed by atoms with Crippen LogP contribution in [0.1, 0.15) is 44.1 Å². The molecule has 1 aliphatic rings. The molecule has 23 heavy (non-hydrogen) atoms. The lowest BCUT2D eigenvalue weighted by atomic mass is 9.97. The lowest BCUT2D eigenvalue weighted by Gasteiger charge is -2.13. The SMILES string of the molecule is O=C(O)CCSCc1cccc(NC(=O)CC2=CCCCC2)c1. The van der Waals surface area contributed by atoms with Gasteiger partial charge >= 0.3 is 5.97 Å². The third kappa shape index (κ3) is 6.91. The summed E-state index contributed by atoms with van der Waals surface area (Å²) in [5, 5.41) is 11.6. The van der Waals surface area contributed by atoms with E-state index in [0.717, 1.165) is 29.8 Å². The lowest BCUT2D eigenvalue weighted by molar-refractivity contribution is -0.136. The molecule has 0 aliphatic heterocycles. The first-order valence-electron chi connectivity index (χ1n) is 8.00. The van der Waals surface area contributed by atoms with Crippen molar-refractivity contribution >= 4 is 29.3 Å². The number of allylic oxidation sites excluding steroid dienone is 1. The van der Waals surface area contributed by atoms with Gasteiger partial charge in [0.2, 0.25) is 5.91 Å². The predicted molar refractivity (Wildman–Crippen MR) is 94.7 cm³/mol. The fraction of sp³-hybridized carbons (Fsp3) is 0.444. The molecule has 1 aliphatic carbocycles. The van der Waals surface area contributed by atoms with Crippen molar-refractivity contribution in [2.45, 2.75) is 44.3 Å². The Kier molecular flexibility index (Phi) is 7.20. The summed E-state index contributed by atoms with van der Waals surface area (Å²) in [5.74, 6) is 0.617. The Morgan fingerprint density at radius 1 is 1.26 bits per heavy atom. The van der Waals surface area contributed by atoms with Crippen molar-refractivity contribution in [2.24, 2.45) is 0 Å². The molecule has 4 nitrogen and oxygen atoms in total. The van der Waals surface area contributed by atoms with Crippen molar-refractivity contribution in [3.05, 3.63) is 41.5 Å². The summed E-state index contributed by atoms with van der Waals surface area (Å²) in [4.78, 5) is 22.6. The molecule has 0 saturated carbocycles. The highest BCUT2D eigenvalue weighted by atomic mass is 32.2. The van der Waals surface area contributed by atoms with Gasteiger partial charge in [-0.3, -0.25) is 9.59 Å². The van der Waals surface area contributed by atoms with Gasteiger partial charge in [0.1, 0.15) is 0 Å². The minimum atomic E-state index is -0.768. The zero-order valence-corrected chi connectivity index (χ0v) is 14.0. The fourth-order valence-corrected chi connectivity index (χ4v) is 3.44. The smallest absolute Gasteiger partial charge is 0.304 e. The van der Waals surface area contributed by atoms with Gasteiger partial charge in [-0.1, -0.05) is 23.8 Å². The van der Waals surface area contributed by atoms with Gasteiger partial charge in [-0.05, 0) is 43.4 Å². The van der Waals surface area contributed by atoms with E-state index in [1.807, 2.05) is 24.3 Å². The van der Waals surface area contributed by atoms with Crippen LogP contribution in [0.3, 0.4) is 0 Å². The van der Waals surface area contributed by atoms with Crippen molar-refractivity contribution in [2.75, 3.05) is 11.1 Å². The average molecular weight is 333 g/mol. The van der Waals surface area contributed by atoms with Crippen LogP contribution in [-0.4, -0.2) is 22.7 Å². The largest absolute Gasteiger partial charge is 0.481 e. The molecule has 1 aromatic rings. The normalized spacial score (nSPS) is 14.2. The number of hydrogen-bond acceptors (Lipinski definition) is 3. The Labute approximate surface area is 141 Å². The van der Waals surface area contributed by atoms with E-state index in [1.165, 1.54) is 18.4 Å². The van der Waals surface area contributed by atoms with E-state index in [4.69, 9.17) is 5.11 Å². The Bertz CT molecular complexity index is 583. The number of amides is 1. The molecule has 0 radical (unpaired) electrons. The number of carbonyl (C=O) groups excluding carboxylic acids is 1. The molecular weight excluding hydrogens is 310 g/mol. The maximum Gasteiger partial charge on any atom is 0.304 e. The third-order valence-corrected chi connectivity index (χ3v) is 4.74. The van der Waals surface area contributed by atoms with Crippen LogP contribution in [-0.2, 0) is 15.3 Å². The first-order valence-corrected chi connectivity index (χ1v) is 9.15. The molecule has 1 aromatic carbocycles. The molecule has 0 saturated heterocycles. The van der Waals surface area contributed by atoms with Crippen LogP contribution in [0.15, 0.2) is 35.9 Å². The number of thioether (sulfide) groups is 1. The number of carboxylic acids is 1. The second-order valence-corrected chi connectivity index (χ2v) is 6.83. The van der Waals surface area contributed by atoms with Crippen molar-refractivity contribution in [3.63, 3.8) is 0 Å². The molecule has 2 rings (SSSR count). The van der Waals surface area contributed by atoms with Gasteiger partial charge in [0.15, 0.2) is 0 Å². The molecular formula is C18H23NO3S. The molecule has 1 amide bonds. The van der Waals surface area contributed by atoms with Crippen LogP contribution in [0.5, 0.6) is 0 Å². The molecule has 0 unspecified atom stereocenters. The fourth-order valence-electron chi connectivity index (χ4n) is 2.56. The van der Waals surface area contributed by atoms with Crippen molar-refractivity contribution in [1.29, 1.82) is 0 Å². The minimum absolute atomic E-state index is 0.0360. The van der Waals surface area contributed by atoms with E-state index >= 15 is 0 Å². The van der Waals surface area contributed by atoms with E-state index in [0.29, 0.717) is 12.2 Å². The van der Waals surface area contributed by atoms with E-state index in [2.05, 4.69) is 11.4 Å². The maximum atomic E-state index is 12.1. The lowest BCUT2D eigenvalue weighted by Crippen LogP contribution is -2.13. The summed E-state index contributed by atoms with van der Waals surface area (Å²) < 4.78 is 0. The van der Waals surface area contributed by atoms with Crippen LogP contribution in [0.2, 0.25) is 0 Å². The Morgan fingerprint density at radius 2 is 2.13 bits per heavy atom. The number of carbonyl (C=O) groups is 2. The first kappa shape index (κ1) is 17.6. The molecule has 124 valence electrons. The monoisotopic (exact) mass is 333 g/mol. The van der Waals surface area contributed by atoms with Crippen LogP contribution in [0.4, 0.5) is 5.69 Å². The van der Waals surface area contributed by atoms with Gasteiger partial charge in [0.25, 0.3) is 0 Å². The van der Waals surface area contributed by atoms with Crippen LogP contribution >= 0.6 is 11.8 Å². The zero-order valence-electron chi connectivity index (χ0n) is 13.2. The summed E-state index contributed by atoms with van der Waals surface area (Å²) in [6.07, 6.45) is 7.39. The molecule has 0 atom stereocenters. The molecule has 0 spiro atoms. The number of carboxylic acid groups (broad SMARTS) is 1. The van der Waals surface area contributed by atoms with E-state index < -0.39 is 5.97 Å². The second kappa shape index (κ2) is 9.40. The molecule has 2 N–H and O–H groups in total. The zero-order chi connectivity index (χ0) is 16.5. The molecule has 0 fully saturated rings. The van der Waals surface area contributed by atoms with Gasteiger partial charge in [0, 0.05) is 23.6 Å². The Hall–Kier alpha value is -1.75. The summed E-state index contributed by atoms with van der Waals surface area (Å²) in [6, 6.07) is 7.76. The Balaban J connectivity index is 1.80. The predicted octanol–water partition coefficient (Wildman–Crippen LogP) is 4.22. The summed E-state index contributed by atoms with van der Waals surface area (Å²) in [6.45, 7) is 0.